The molecule has 1 aliphatic rings. The second-order valence-electron chi connectivity index (χ2n) is 5.15. The number of halogens is 1. The fourth-order valence-electron chi connectivity index (χ4n) is 2.50. The van der Waals surface area contributed by atoms with E-state index in [4.69, 9.17) is 11.6 Å². The molecule has 1 aromatic heterocycles. The number of benzene rings is 1. The highest BCUT2D eigenvalue weighted by Gasteiger charge is 2.37. The lowest BCUT2D eigenvalue weighted by atomic mass is 10.1. The summed E-state index contributed by atoms with van der Waals surface area (Å²) in [6.45, 7) is 1.26. The molecule has 0 fully saturated rings. The predicted octanol–water partition coefficient (Wildman–Crippen LogP) is 1.60. The Bertz CT molecular complexity index is 700. The quantitative estimate of drug-likeness (QED) is 0.869. The van der Waals surface area contributed by atoms with Gasteiger partial charge in [0.15, 0.2) is 6.67 Å². The number of carbonyl (C=O) groups excluding carboxylic acids is 2. The summed E-state index contributed by atoms with van der Waals surface area (Å²) in [5.41, 5.74) is 2.28. The van der Waals surface area contributed by atoms with E-state index in [1.165, 1.54) is 10.5 Å². The summed E-state index contributed by atoms with van der Waals surface area (Å²) in [5.74, 6) is -0.951. The maximum absolute atomic E-state index is 12.1. The summed E-state index contributed by atoms with van der Waals surface area (Å²) in [6, 6.07) is 7.07. The van der Waals surface area contributed by atoms with Crippen molar-refractivity contribution in [1.82, 2.24) is 0 Å². The number of rotatable bonds is 4. The van der Waals surface area contributed by atoms with Crippen LogP contribution in [0.3, 0.4) is 0 Å². The number of nitrogens with one attached hydrogen (secondary N) is 1. The number of ketones is 1. The third-order valence-corrected chi connectivity index (χ3v) is 4.41. The average Bonchev–Trinajstić information content (AvgIpc) is 3.02. The van der Waals surface area contributed by atoms with E-state index >= 15 is 0 Å². The minimum atomic E-state index is -0.476. The van der Waals surface area contributed by atoms with Crippen molar-refractivity contribution < 1.29 is 14.5 Å². The molecule has 0 saturated heterocycles. The largest absolute Gasteiger partial charge is 0.316 e. The second kappa shape index (κ2) is 5.60. The monoisotopic (exact) mass is 321 g/mol. The summed E-state index contributed by atoms with van der Waals surface area (Å²) in [6.07, 6.45) is 0. The maximum Gasteiger partial charge on any atom is 0.303 e. The maximum atomic E-state index is 12.1. The first-order valence-corrected chi connectivity index (χ1v) is 7.86. The lowest BCUT2D eigenvalue weighted by Crippen LogP contribution is -3.09. The molecule has 21 heavy (non-hydrogen) atoms. The number of anilines is 1. The van der Waals surface area contributed by atoms with E-state index in [1.807, 2.05) is 12.4 Å². The van der Waals surface area contributed by atoms with E-state index in [2.05, 4.69) is 11.4 Å². The first-order valence-electron chi connectivity index (χ1n) is 6.54. The molecule has 0 saturated carbocycles. The third-order valence-electron chi connectivity index (χ3n) is 3.45. The number of fused-ring (bicyclic) bond motifs is 1. The van der Waals surface area contributed by atoms with Gasteiger partial charge in [0.2, 0.25) is 0 Å². The summed E-state index contributed by atoms with van der Waals surface area (Å²) >= 11 is 7.55. The van der Waals surface area contributed by atoms with Crippen molar-refractivity contribution in [1.29, 1.82) is 0 Å². The molecule has 2 heterocycles. The molecule has 4 nitrogen and oxygen atoms in total. The van der Waals surface area contributed by atoms with Crippen LogP contribution in [0.15, 0.2) is 35.0 Å². The lowest BCUT2D eigenvalue weighted by molar-refractivity contribution is -0.892. The zero-order valence-corrected chi connectivity index (χ0v) is 13.0. The Morgan fingerprint density at radius 1 is 1.29 bits per heavy atom. The minimum absolute atomic E-state index is 0.399. The van der Waals surface area contributed by atoms with E-state index in [9.17, 15) is 9.59 Å². The molecule has 108 valence electrons. The Labute approximate surface area is 131 Å². The molecule has 1 atom stereocenters. The summed E-state index contributed by atoms with van der Waals surface area (Å²) in [7, 11) is 2.00. The van der Waals surface area contributed by atoms with E-state index in [0.717, 1.165) is 11.4 Å². The van der Waals surface area contributed by atoms with Gasteiger partial charge in [0, 0.05) is 10.6 Å². The van der Waals surface area contributed by atoms with Crippen molar-refractivity contribution in [3.05, 3.63) is 51.2 Å². The molecule has 6 heteroatoms. The van der Waals surface area contributed by atoms with E-state index in [-0.39, 0.29) is 0 Å². The van der Waals surface area contributed by atoms with Gasteiger partial charge < -0.3 is 4.90 Å². The number of thiophene rings is 1. The Hall–Kier alpha value is -1.69. The highest BCUT2D eigenvalue weighted by atomic mass is 35.5. The van der Waals surface area contributed by atoms with Crippen molar-refractivity contribution in [2.45, 2.75) is 6.54 Å². The molecule has 1 N–H and O–H groups in total. The predicted molar refractivity (Wildman–Crippen MR) is 83.0 cm³/mol. The van der Waals surface area contributed by atoms with Gasteiger partial charge in [0.1, 0.15) is 6.54 Å². The van der Waals surface area contributed by atoms with Crippen molar-refractivity contribution >= 4 is 40.3 Å². The van der Waals surface area contributed by atoms with Crippen LogP contribution in [0.1, 0.15) is 15.9 Å². The molecule has 0 radical (unpaired) electrons. The fourth-order valence-corrected chi connectivity index (χ4v) is 3.34. The molecule has 1 aromatic carbocycles. The minimum Gasteiger partial charge on any atom is -0.316 e. The number of hydrogen-bond acceptors (Lipinski definition) is 3. The normalized spacial score (nSPS) is 15.4. The Morgan fingerprint density at radius 2 is 2.10 bits per heavy atom. The number of nitrogens with zero attached hydrogens (tertiary/aromatic N) is 1. The molecule has 0 spiro atoms. The van der Waals surface area contributed by atoms with Gasteiger partial charge in [-0.2, -0.15) is 11.3 Å². The topological polar surface area (TPSA) is 41.8 Å². The van der Waals surface area contributed by atoms with Gasteiger partial charge >= 0.3 is 5.91 Å². The number of quaternary nitrogens is 1. The number of hydrogen-bond donors (Lipinski definition) is 1. The smallest absolute Gasteiger partial charge is 0.303 e. The molecular weight excluding hydrogens is 308 g/mol. The fraction of sp³-hybridized carbons (Fsp3) is 0.200. The first kappa shape index (κ1) is 14.3. The van der Waals surface area contributed by atoms with Gasteiger partial charge in [-0.3, -0.25) is 14.5 Å². The Balaban J connectivity index is 1.80. The van der Waals surface area contributed by atoms with Crippen molar-refractivity contribution in [2.24, 2.45) is 0 Å². The van der Waals surface area contributed by atoms with Crippen LogP contribution in [0.5, 0.6) is 0 Å². The third kappa shape index (κ3) is 2.72. The van der Waals surface area contributed by atoms with Gasteiger partial charge in [-0.1, -0.05) is 11.6 Å². The summed E-state index contributed by atoms with van der Waals surface area (Å²) in [5, 5.41) is 4.59. The van der Waals surface area contributed by atoms with Crippen LogP contribution in [-0.4, -0.2) is 25.4 Å². The van der Waals surface area contributed by atoms with Gasteiger partial charge in [-0.15, -0.1) is 0 Å². The van der Waals surface area contributed by atoms with Crippen LogP contribution in [0.2, 0.25) is 5.02 Å². The lowest BCUT2D eigenvalue weighted by Gasteiger charge is -2.21. The van der Waals surface area contributed by atoms with Gasteiger partial charge in [-0.05, 0) is 35.0 Å². The zero-order chi connectivity index (χ0) is 15.0. The standard InChI is InChI=1S/C15H13ClN2O2S/c1-17(7-10-4-5-21-8-10)9-18-13-3-2-11(16)6-12(13)14(19)15(18)20/h2-6,8H,7,9H2,1H3/p+1. The van der Waals surface area contributed by atoms with Crippen molar-refractivity contribution in [2.75, 3.05) is 18.6 Å². The molecule has 0 aliphatic carbocycles. The van der Waals surface area contributed by atoms with E-state index in [0.29, 0.717) is 22.9 Å². The highest BCUT2D eigenvalue weighted by Crippen LogP contribution is 2.30. The van der Waals surface area contributed by atoms with Crippen LogP contribution in [-0.2, 0) is 11.3 Å². The molecule has 1 unspecified atom stereocenters. The van der Waals surface area contributed by atoms with Crippen LogP contribution < -0.4 is 9.80 Å². The molecule has 3 rings (SSSR count). The van der Waals surface area contributed by atoms with Crippen LogP contribution in [0, 0.1) is 0 Å². The van der Waals surface area contributed by atoms with E-state index in [1.54, 1.807) is 29.5 Å². The van der Waals surface area contributed by atoms with Crippen molar-refractivity contribution in [3.63, 3.8) is 0 Å². The summed E-state index contributed by atoms with van der Waals surface area (Å²) < 4.78 is 0. The number of Topliss-reactive ketones (excluding diaryl/α,β-unsaturated/α-hetero) is 1. The molecule has 1 aliphatic heterocycles. The SMILES string of the molecule is C[NH+](Cc1ccsc1)CN1C(=O)C(=O)c2cc(Cl)ccc21. The van der Waals surface area contributed by atoms with Crippen LogP contribution >= 0.6 is 22.9 Å². The van der Waals surface area contributed by atoms with Crippen molar-refractivity contribution in [3.8, 4) is 0 Å². The van der Waals surface area contributed by atoms with Crippen LogP contribution in [0.25, 0.3) is 0 Å². The molecular formula is C15H14ClN2O2S+. The second-order valence-corrected chi connectivity index (χ2v) is 6.36. The van der Waals surface area contributed by atoms with Gasteiger partial charge in [-0.25, -0.2) is 0 Å². The number of amides is 1. The molecule has 1 amide bonds. The van der Waals surface area contributed by atoms with E-state index < -0.39 is 11.7 Å². The molecule has 0 bridgehead atoms. The highest BCUT2D eigenvalue weighted by molar-refractivity contribution is 7.07. The average molecular weight is 322 g/mol. The Kier molecular flexibility index (Phi) is 3.80. The van der Waals surface area contributed by atoms with Gasteiger partial charge in [0.25, 0.3) is 5.78 Å². The Morgan fingerprint density at radius 3 is 2.81 bits per heavy atom. The van der Waals surface area contributed by atoms with Crippen LogP contribution in [0.4, 0.5) is 5.69 Å². The number of carbonyl (C=O) groups is 2. The zero-order valence-electron chi connectivity index (χ0n) is 11.4. The van der Waals surface area contributed by atoms with Gasteiger partial charge in [0.05, 0.1) is 18.3 Å². The first-order chi connectivity index (χ1) is 10.1. The summed E-state index contributed by atoms with van der Waals surface area (Å²) in [4.78, 5) is 26.8. The molecule has 2 aromatic rings.